The summed E-state index contributed by atoms with van der Waals surface area (Å²) in [6.45, 7) is 0.421. The minimum absolute atomic E-state index is 0.328. The fourth-order valence-corrected chi connectivity index (χ4v) is 0.860. The highest BCUT2D eigenvalue weighted by molar-refractivity contribution is 6.60. The molecular weight excluding hydrogens is 246 g/mol. The summed E-state index contributed by atoms with van der Waals surface area (Å²) in [7, 11) is 0. The molecule has 0 saturated heterocycles. The molecule has 0 spiro atoms. The summed E-state index contributed by atoms with van der Waals surface area (Å²) in [5.74, 6) is 4.52. The third-order valence-electron chi connectivity index (χ3n) is 1.54. The predicted octanol–water partition coefficient (Wildman–Crippen LogP) is 0.757. The molecule has 0 unspecified atom stereocenters. The molecule has 0 saturated carbocycles. The summed E-state index contributed by atoms with van der Waals surface area (Å²) in [5.41, 5.74) is -1.36. The molecule has 0 radical (unpaired) electrons. The number of aliphatic hydroxyl groups excluding tert-OH is 1. The number of carboxylic acid groups (broad SMARTS) is 1. The van der Waals surface area contributed by atoms with Crippen LogP contribution in [0, 0.1) is 24.7 Å². The van der Waals surface area contributed by atoms with Gasteiger partial charge in [-0.2, -0.15) is 0 Å². The second-order valence-electron chi connectivity index (χ2n) is 2.70. The molecular formula is C11H14ClNO4. The topological polar surface area (TPSA) is 77.8 Å². The van der Waals surface area contributed by atoms with Gasteiger partial charge in [0.05, 0.1) is 0 Å². The van der Waals surface area contributed by atoms with E-state index in [0.29, 0.717) is 25.9 Å². The van der Waals surface area contributed by atoms with Gasteiger partial charge in [-0.05, 0) is 0 Å². The molecule has 6 heteroatoms. The monoisotopic (exact) mass is 259 g/mol. The van der Waals surface area contributed by atoms with Gasteiger partial charge in [-0.1, -0.05) is 0 Å². The van der Waals surface area contributed by atoms with Gasteiger partial charge >= 0.3 is 5.43 Å². The summed E-state index contributed by atoms with van der Waals surface area (Å²) >= 11 is 4.19. The predicted molar refractivity (Wildman–Crippen MR) is 64.4 cm³/mol. The molecule has 5 nitrogen and oxygen atoms in total. The van der Waals surface area contributed by atoms with Crippen molar-refractivity contribution in [3.05, 3.63) is 0 Å². The molecule has 1 amide bonds. The van der Waals surface area contributed by atoms with E-state index in [0.717, 1.165) is 0 Å². The number of nitrogens with zero attached hydrogens (tertiary/aromatic N) is 1. The Morgan fingerprint density at radius 2 is 1.53 bits per heavy atom. The lowest BCUT2D eigenvalue weighted by molar-refractivity contribution is -0.134. The molecule has 0 aliphatic carbocycles. The van der Waals surface area contributed by atoms with Gasteiger partial charge in [0.25, 0.3) is 0 Å². The Bertz CT molecular complexity index is 294. The third kappa shape index (κ3) is 14.3. The number of aliphatic hydroxyl groups is 1. The van der Waals surface area contributed by atoms with Crippen molar-refractivity contribution < 1.29 is 19.8 Å². The van der Waals surface area contributed by atoms with Crippen LogP contribution in [0.25, 0.3) is 0 Å². The Morgan fingerprint density at radius 3 is 1.76 bits per heavy atom. The van der Waals surface area contributed by atoms with E-state index in [1.807, 2.05) is 0 Å². The van der Waals surface area contributed by atoms with Crippen LogP contribution in [0.1, 0.15) is 12.8 Å². The number of halogens is 1. The zero-order valence-electron chi connectivity index (χ0n) is 9.23. The minimum atomic E-state index is -1.36. The standard InChI is InChI=1S/C10H13NO2.CHClO2/c1-3-5-7-11(8-6-4-2)10(13)9-12;2-1(3)4/h1-2,12H,5-9H2;(H,3,4). The largest absolute Gasteiger partial charge is 0.469 e. The lowest BCUT2D eigenvalue weighted by Gasteiger charge is -2.19. The van der Waals surface area contributed by atoms with Crippen LogP contribution in [-0.4, -0.2) is 46.1 Å². The molecule has 2 N–H and O–H groups in total. The molecule has 0 atom stereocenters. The Morgan fingerprint density at radius 1 is 1.18 bits per heavy atom. The van der Waals surface area contributed by atoms with Gasteiger partial charge in [0, 0.05) is 37.5 Å². The molecule has 0 aromatic heterocycles. The lowest BCUT2D eigenvalue weighted by Crippen LogP contribution is -2.34. The summed E-state index contributed by atoms with van der Waals surface area (Å²) in [6, 6.07) is 0. The fourth-order valence-electron chi connectivity index (χ4n) is 0.860. The number of amides is 1. The van der Waals surface area contributed by atoms with Crippen molar-refractivity contribution >= 4 is 22.9 Å². The molecule has 0 aliphatic rings. The van der Waals surface area contributed by atoms with Crippen molar-refractivity contribution in [3.8, 4) is 24.7 Å². The average Bonchev–Trinajstić information content (AvgIpc) is 2.27. The molecule has 94 valence electrons. The van der Waals surface area contributed by atoms with E-state index < -0.39 is 12.0 Å². The molecule has 0 heterocycles. The maximum absolute atomic E-state index is 11.1. The highest BCUT2D eigenvalue weighted by Crippen LogP contribution is 1.94. The first-order valence-electron chi connectivity index (χ1n) is 4.63. The summed E-state index contributed by atoms with van der Waals surface area (Å²) < 4.78 is 0. The minimum Gasteiger partial charge on any atom is -0.469 e. The Kier molecular flexibility index (Phi) is 12.9. The van der Waals surface area contributed by atoms with Crippen LogP contribution in [-0.2, 0) is 4.79 Å². The van der Waals surface area contributed by atoms with E-state index in [1.165, 1.54) is 4.90 Å². The number of hydrogen-bond donors (Lipinski definition) is 2. The van der Waals surface area contributed by atoms with Crippen molar-refractivity contribution in [2.45, 2.75) is 12.8 Å². The smallest absolute Gasteiger partial charge is 0.401 e. The van der Waals surface area contributed by atoms with Gasteiger partial charge < -0.3 is 15.1 Å². The van der Waals surface area contributed by atoms with Crippen molar-refractivity contribution in [3.63, 3.8) is 0 Å². The highest BCUT2D eigenvalue weighted by Gasteiger charge is 2.09. The van der Waals surface area contributed by atoms with Crippen LogP contribution >= 0.6 is 11.6 Å². The SMILES string of the molecule is C#CCCN(CCC#C)C(=O)CO.O=C(O)Cl. The molecule has 0 rings (SSSR count). The molecule has 0 aromatic carbocycles. The van der Waals surface area contributed by atoms with E-state index in [-0.39, 0.29) is 5.91 Å². The van der Waals surface area contributed by atoms with E-state index in [9.17, 15) is 4.79 Å². The molecule has 0 aliphatic heterocycles. The maximum atomic E-state index is 11.1. The third-order valence-corrected chi connectivity index (χ3v) is 1.54. The van der Waals surface area contributed by atoms with E-state index in [2.05, 4.69) is 23.4 Å². The normalized spacial score (nSPS) is 8.00. The fraction of sp³-hybridized carbons (Fsp3) is 0.455. The molecule has 0 fully saturated rings. The summed E-state index contributed by atoms with van der Waals surface area (Å²) in [4.78, 5) is 21.3. The zero-order chi connectivity index (χ0) is 13.7. The van der Waals surface area contributed by atoms with Gasteiger partial charge in [0.1, 0.15) is 6.61 Å². The van der Waals surface area contributed by atoms with Gasteiger partial charge in [-0.25, -0.2) is 4.79 Å². The van der Waals surface area contributed by atoms with E-state index in [1.54, 1.807) is 0 Å². The second kappa shape index (κ2) is 12.4. The molecule has 0 aromatic rings. The van der Waals surface area contributed by atoms with Gasteiger partial charge in [-0.15, -0.1) is 24.7 Å². The number of terminal acetylenes is 2. The zero-order valence-corrected chi connectivity index (χ0v) is 9.98. The van der Waals surface area contributed by atoms with Crippen molar-refractivity contribution in [1.29, 1.82) is 0 Å². The Labute approximate surface area is 105 Å². The van der Waals surface area contributed by atoms with Gasteiger partial charge in [0.2, 0.25) is 5.91 Å². The quantitative estimate of drug-likeness (QED) is 0.564. The Balaban J connectivity index is 0. The van der Waals surface area contributed by atoms with Crippen LogP contribution in [0.15, 0.2) is 0 Å². The van der Waals surface area contributed by atoms with E-state index in [4.69, 9.17) is 27.9 Å². The molecule has 17 heavy (non-hydrogen) atoms. The van der Waals surface area contributed by atoms with Gasteiger partial charge in [-0.3, -0.25) is 4.79 Å². The number of carbonyl (C=O) groups is 2. The second-order valence-corrected chi connectivity index (χ2v) is 3.02. The average molecular weight is 260 g/mol. The maximum Gasteiger partial charge on any atom is 0.401 e. The lowest BCUT2D eigenvalue weighted by atomic mass is 10.3. The number of hydrogen-bond acceptors (Lipinski definition) is 3. The van der Waals surface area contributed by atoms with Crippen molar-refractivity contribution in [2.24, 2.45) is 0 Å². The van der Waals surface area contributed by atoms with Crippen LogP contribution in [0.3, 0.4) is 0 Å². The first kappa shape index (κ1) is 17.7. The van der Waals surface area contributed by atoms with Gasteiger partial charge in [0.15, 0.2) is 0 Å². The number of carbonyl (C=O) groups excluding carboxylic acids is 1. The van der Waals surface area contributed by atoms with Crippen molar-refractivity contribution in [1.82, 2.24) is 4.90 Å². The first-order valence-corrected chi connectivity index (χ1v) is 5.01. The van der Waals surface area contributed by atoms with Crippen LogP contribution in [0.4, 0.5) is 4.79 Å². The molecule has 0 bridgehead atoms. The van der Waals surface area contributed by atoms with Crippen LogP contribution in [0.2, 0.25) is 0 Å². The van der Waals surface area contributed by atoms with Crippen molar-refractivity contribution in [2.75, 3.05) is 19.7 Å². The van der Waals surface area contributed by atoms with E-state index >= 15 is 0 Å². The number of rotatable bonds is 5. The highest BCUT2D eigenvalue weighted by atomic mass is 35.5. The summed E-state index contributed by atoms with van der Waals surface area (Å²) in [5, 5.41) is 15.8. The first-order chi connectivity index (χ1) is 7.99. The van der Waals surface area contributed by atoms with Crippen LogP contribution < -0.4 is 0 Å². The Hall–Kier alpha value is -1.69. The summed E-state index contributed by atoms with van der Waals surface area (Å²) in [6.07, 6.45) is 11.1. The van der Waals surface area contributed by atoms with Crippen LogP contribution in [0.5, 0.6) is 0 Å².